The summed E-state index contributed by atoms with van der Waals surface area (Å²) in [4.78, 5) is 16.1. The molecule has 0 aliphatic carbocycles. The maximum atomic E-state index is 5.43. The van der Waals surface area contributed by atoms with Crippen LogP contribution in [0.3, 0.4) is 0 Å². The molecule has 4 heterocycles. The van der Waals surface area contributed by atoms with Crippen LogP contribution in [0.4, 0.5) is 17.6 Å². The summed E-state index contributed by atoms with van der Waals surface area (Å²) in [5.74, 6) is 2.71. The van der Waals surface area contributed by atoms with E-state index in [9.17, 15) is 0 Å². The van der Waals surface area contributed by atoms with E-state index in [4.69, 9.17) is 9.72 Å². The second-order valence-corrected chi connectivity index (χ2v) is 7.20. The molecule has 1 atom stereocenters. The van der Waals surface area contributed by atoms with Gasteiger partial charge in [-0.05, 0) is 38.0 Å². The number of hydrogen-bond acceptors (Lipinski definition) is 8. The van der Waals surface area contributed by atoms with Gasteiger partial charge in [-0.15, -0.1) is 5.10 Å². The van der Waals surface area contributed by atoms with Crippen molar-refractivity contribution in [1.82, 2.24) is 20.2 Å². The molecule has 0 bridgehead atoms. The molecule has 2 aliphatic heterocycles. The van der Waals surface area contributed by atoms with Crippen LogP contribution in [0.5, 0.6) is 0 Å². The maximum absolute atomic E-state index is 5.43. The van der Waals surface area contributed by atoms with Crippen LogP contribution in [0.2, 0.25) is 0 Å². The summed E-state index contributed by atoms with van der Waals surface area (Å²) in [7, 11) is 2.13. The summed E-state index contributed by atoms with van der Waals surface area (Å²) in [6, 6.07) is 6.46. The molecule has 144 valence electrons. The first-order valence-electron chi connectivity index (χ1n) is 9.64. The quantitative estimate of drug-likeness (QED) is 0.803. The van der Waals surface area contributed by atoms with Crippen LogP contribution < -0.4 is 14.7 Å². The number of morpholine rings is 1. The Balaban J connectivity index is 1.47. The van der Waals surface area contributed by atoms with E-state index in [1.165, 1.54) is 0 Å². The summed E-state index contributed by atoms with van der Waals surface area (Å²) >= 11 is 0. The highest BCUT2D eigenvalue weighted by molar-refractivity contribution is 5.46. The summed E-state index contributed by atoms with van der Waals surface area (Å²) in [6.07, 6.45) is 4.13. The SMILES string of the molecule is Cc1ccc(N2CCCC(N(C)c3ccnc(N4CCOCC4)n3)C2)nn1. The Morgan fingerprint density at radius 2 is 1.93 bits per heavy atom. The Kier molecular flexibility index (Phi) is 5.33. The number of piperidine rings is 1. The van der Waals surface area contributed by atoms with Crippen LogP contribution >= 0.6 is 0 Å². The number of ether oxygens (including phenoxy) is 1. The van der Waals surface area contributed by atoms with Crippen molar-refractivity contribution in [1.29, 1.82) is 0 Å². The lowest BCUT2D eigenvalue weighted by atomic mass is 10.0. The molecule has 0 N–H and O–H groups in total. The third kappa shape index (κ3) is 4.10. The fourth-order valence-corrected chi connectivity index (χ4v) is 3.68. The van der Waals surface area contributed by atoms with Crippen LogP contribution in [0.25, 0.3) is 0 Å². The molecule has 4 rings (SSSR count). The summed E-state index contributed by atoms with van der Waals surface area (Å²) in [5, 5.41) is 8.56. The summed E-state index contributed by atoms with van der Waals surface area (Å²) < 4.78 is 5.43. The Bertz CT molecular complexity index is 748. The van der Waals surface area contributed by atoms with E-state index in [0.717, 1.165) is 75.5 Å². The summed E-state index contributed by atoms with van der Waals surface area (Å²) in [5.41, 5.74) is 0.945. The molecule has 27 heavy (non-hydrogen) atoms. The Hall–Kier alpha value is -2.48. The molecule has 0 aromatic carbocycles. The zero-order valence-electron chi connectivity index (χ0n) is 16.1. The standard InChI is InChI=1S/C19H27N7O/c1-15-5-6-18(23-22-15)26-9-3-4-16(14-26)24(2)17-7-8-20-19(21-17)25-10-12-27-13-11-25/h5-8,16H,3-4,9-14H2,1-2H3. The van der Waals surface area contributed by atoms with E-state index in [1.54, 1.807) is 0 Å². The van der Waals surface area contributed by atoms with Crippen LogP contribution in [0, 0.1) is 6.92 Å². The zero-order chi connectivity index (χ0) is 18.6. The van der Waals surface area contributed by atoms with Crippen molar-refractivity contribution in [3.05, 3.63) is 30.1 Å². The largest absolute Gasteiger partial charge is 0.378 e. The van der Waals surface area contributed by atoms with Crippen LogP contribution in [-0.4, -0.2) is 72.6 Å². The lowest BCUT2D eigenvalue weighted by molar-refractivity contribution is 0.122. The van der Waals surface area contributed by atoms with Crippen molar-refractivity contribution in [2.45, 2.75) is 25.8 Å². The molecule has 0 spiro atoms. The minimum absolute atomic E-state index is 0.384. The van der Waals surface area contributed by atoms with Gasteiger partial charge in [0.05, 0.1) is 18.9 Å². The Morgan fingerprint density at radius 1 is 1.07 bits per heavy atom. The molecule has 0 saturated carbocycles. The van der Waals surface area contributed by atoms with Crippen LogP contribution in [0.15, 0.2) is 24.4 Å². The molecular weight excluding hydrogens is 342 g/mol. The van der Waals surface area contributed by atoms with E-state index in [-0.39, 0.29) is 0 Å². The molecule has 1 unspecified atom stereocenters. The number of anilines is 3. The zero-order valence-corrected chi connectivity index (χ0v) is 16.1. The molecule has 2 aliphatic rings. The average molecular weight is 369 g/mol. The van der Waals surface area contributed by atoms with Gasteiger partial charge in [-0.25, -0.2) is 4.98 Å². The van der Waals surface area contributed by atoms with Gasteiger partial charge in [0.2, 0.25) is 5.95 Å². The Morgan fingerprint density at radius 3 is 2.70 bits per heavy atom. The fraction of sp³-hybridized carbons (Fsp3) is 0.579. The van der Waals surface area contributed by atoms with Crippen molar-refractivity contribution < 1.29 is 4.74 Å². The van der Waals surface area contributed by atoms with E-state index in [0.29, 0.717) is 6.04 Å². The topological polar surface area (TPSA) is 70.5 Å². The average Bonchev–Trinajstić information content (AvgIpc) is 2.74. The molecule has 2 aromatic rings. The van der Waals surface area contributed by atoms with Gasteiger partial charge in [-0.1, -0.05) is 0 Å². The molecule has 8 heteroatoms. The molecule has 2 fully saturated rings. The highest BCUT2D eigenvalue weighted by atomic mass is 16.5. The molecule has 2 aromatic heterocycles. The first-order valence-corrected chi connectivity index (χ1v) is 9.64. The van der Waals surface area contributed by atoms with Crippen LogP contribution in [0.1, 0.15) is 18.5 Å². The van der Waals surface area contributed by atoms with E-state index in [2.05, 4.69) is 43.0 Å². The maximum Gasteiger partial charge on any atom is 0.227 e. The second-order valence-electron chi connectivity index (χ2n) is 7.20. The molecule has 2 saturated heterocycles. The number of aryl methyl sites for hydroxylation is 1. The lowest BCUT2D eigenvalue weighted by Gasteiger charge is -2.38. The van der Waals surface area contributed by atoms with Crippen molar-refractivity contribution in [2.75, 3.05) is 61.1 Å². The van der Waals surface area contributed by atoms with Gasteiger partial charge in [0, 0.05) is 45.5 Å². The van der Waals surface area contributed by atoms with Gasteiger partial charge < -0.3 is 19.4 Å². The Labute approximate surface area is 160 Å². The lowest BCUT2D eigenvalue weighted by Crippen LogP contribution is -2.47. The summed E-state index contributed by atoms with van der Waals surface area (Å²) in [6.45, 7) is 7.06. The van der Waals surface area contributed by atoms with Crippen molar-refractivity contribution in [2.24, 2.45) is 0 Å². The molecule has 0 amide bonds. The van der Waals surface area contributed by atoms with Gasteiger partial charge in [0.25, 0.3) is 0 Å². The first kappa shape index (κ1) is 17.9. The minimum Gasteiger partial charge on any atom is -0.378 e. The minimum atomic E-state index is 0.384. The molecule has 0 radical (unpaired) electrons. The predicted molar refractivity (Wildman–Crippen MR) is 105 cm³/mol. The fourth-order valence-electron chi connectivity index (χ4n) is 3.68. The van der Waals surface area contributed by atoms with E-state index >= 15 is 0 Å². The van der Waals surface area contributed by atoms with Crippen molar-refractivity contribution in [3.8, 4) is 0 Å². The highest BCUT2D eigenvalue weighted by Crippen LogP contribution is 2.24. The monoisotopic (exact) mass is 369 g/mol. The van der Waals surface area contributed by atoms with Crippen molar-refractivity contribution >= 4 is 17.6 Å². The smallest absolute Gasteiger partial charge is 0.227 e. The predicted octanol–water partition coefficient (Wildman–Crippen LogP) is 1.52. The third-order valence-electron chi connectivity index (χ3n) is 5.34. The van der Waals surface area contributed by atoms with Gasteiger partial charge in [0.1, 0.15) is 5.82 Å². The number of likely N-dealkylation sites (N-methyl/N-ethyl adjacent to an activating group) is 1. The second kappa shape index (κ2) is 8.04. The number of rotatable bonds is 4. The number of hydrogen-bond donors (Lipinski definition) is 0. The molecule has 8 nitrogen and oxygen atoms in total. The number of nitrogens with zero attached hydrogens (tertiary/aromatic N) is 7. The van der Waals surface area contributed by atoms with E-state index < -0.39 is 0 Å². The normalized spacial score (nSPS) is 20.6. The van der Waals surface area contributed by atoms with E-state index in [1.807, 2.05) is 25.3 Å². The van der Waals surface area contributed by atoms with Crippen molar-refractivity contribution in [3.63, 3.8) is 0 Å². The van der Waals surface area contributed by atoms with Gasteiger partial charge >= 0.3 is 0 Å². The number of aromatic nitrogens is 4. The van der Waals surface area contributed by atoms with Gasteiger partial charge in [0.15, 0.2) is 5.82 Å². The van der Waals surface area contributed by atoms with Gasteiger partial charge in [-0.2, -0.15) is 10.1 Å². The molecular formula is C19H27N7O. The van der Waals surface area contributed by atoms with Crippen LogP contribution in [-0.2, 0) is 4.74 Å². The first-order chi connectivity index (χ1) is 13.2. The van der Waals surface area contributed by atoms with Gasteiger partial charge in [-0.3, -0.25) is 0 Å². The highest BCUT2D eigenvalue weighted by Gasteiger charge is 2.26. The third-order valence-corrected chi connectivity index (χ3v) is 5.34.